The molecule has 0 radical (unpaired) electrons. The molecule has 0 aromatic carbocycles. The molecule has 0 unspecified atom stereocenters. The fourth-order valence-electron chi connectivity index (χ4n) is 2.48. The lowest BCUT2D eigenvalue weighted by Gasteiger charge is -2.34. The molecule has 0 aliphatic heterocycles. The molecule has 1 aliphatic carbocycles. The van der Waals surface area contributed by atoms with Crippen molar-refractivity contribution in [1.29, 1.82) is 0 Å². The van der Waals surface area contributed by atoms with E-state index in [4.69, 9.17) is 5.73 Å². The van der Waals surface area contributed by atoms with Crippen molar-refractivity contribution in [2.24, 2.45) is 17.1 Å². The highest BCUT2D eigenvalue weighted by atomic mass is 16.2. The van der Waals surface area contributed by atoms with Gasteiger partial charge in [0.1, 0.15) is 0 Å². The van der Waals surface area contributed by atoms with Crippen molar-refractivity contribution in [2.45, 2.75) is 46.0 Å². The molecule has 1 rings (SSSR count). The number of carbonyl (C=O) groups excluding carboxylic acids is 2. The Morgan fingerprint density at radius 2 is 1.79 bits per heavy atom. The van der Waals surface area contributed by atoms with E-state index in [2.05, 4.69) is 10.6 Å². The van der Waals surface area contributed by atoms with Gasteiger partial charge in [0, 0.05) is 13.1 Å². The second-order valence-corrected chi connectivity index (χ2v) is 5.93. The molecule has 1 saturated carbocycles. The zero-order chi connectivity index (χ0) is 14.3. The monoisotopic (exact) mass is 269 g/mol. The van der Waals surface area contributed by atoms with Gasteiger partial charge in [-0.2, -0.15) is 0 Å². The Hall–Kier alpha value is -1.10. The highest BCUT2D eigenvalue weighted by Gasteiger charge is 2.38. The van der Waals surface area contributed by atoms with Crippen molar-refractivity contribution < 1.29 is 9.59 Å². The summed E-state index contributed by atoms with van der Waals surface area (Å²) in [6.07, 6.45) is 4.93. The summed E-state index contributed by atoms with van der Waals surface area (Å²) in [5, 5.41) is 5.52. The Morgan fingerprint density at radius 1 is 1.16 bits per heavy atom. The summed E-state index contributed by atoms with van der Waals surface area (Å²) < 4.78 is 0. The van der Waals surface area contributed by atoms with E-state index in [1.807, 2.05) is 13.8 Å². The molecule has 1 fully saturated rings. The third kappa shape index (κ3) is 4.82. The van der Waals surface area contributed by atoms with Gasteiger partial charge in [0.05, 0.1) is 12.0 Å². The van der Waals surface area contributed by atoms with E-state index in [9.17, 15) is 9.59 Å². The molecule has 110 valence electrons. The van der Waals surface area contributed by atoms with Crippen molar-refractivity contribution >= 4 is 11.8 Å². The minimum absolute atomic E-state index is 0.0489. The van der Waals surface area contributed by atoms with Gasteiger partial charge in [-0.15, -0.1) is 0 Å². The van der Waals surface area contributed by atoms with Crippen LogP contribution >= 0.6 is 0 Å². The lowest BCUT2D eigenvalue weighted by molar-refractivity contribution is -0.134. The third-order valence-electron chi connectivity index (χ3n) is 3.80. The standard InChI is InChI=1S/C14H27N3O2/c1-11(2)8-16-12(18)9-17-13(19)14(10-15)6-4-3-5-7-14/h11H,3-10,15H2,1-2H3,(H,16,18)(H,17,19). The Labute approximate surface area is 115 Å². The lowest BCUT2D eigenvalue weighted by atomic mass is 9.73. The maximum Gasteiger partial charge on any atom is 0.239 e. The van der Waals surface area contributed by atoms with Crippen molar-refractivity contribution in [2.75, 3.05) is 19.6 Å². The summed E-state index contributed by atoms with van der Waals surface area (Å²) in [5.41, 5.74) is 5.33. The topological polar surface area (TPSA) is 84.2 Å². The number of hydrogen-bond donors (Lipinski definition) is 3. The first-order chi connectivity index (χ1) is 9.00. The van der Waals surface area contributed by atoms with Crippen LogP contribution in [0.5, 0.6) is 0 Å². The van der Waals surface area contributed by atoms with Crippen LogP contribution in [0.2, 0.25) is 0 Å². The van der Waals surface area contributed by atoms with Gasteiger partial charge in [0.2, 0.25) is 11.8 Å². The summed E-state index contributed by atoms with van der Waals surface area (Å²) in [4.78, 5) is 23.8. The fraction of sp³-hybridized carbons (Fsp3) is 0.857. The molecular formula is C14H27N3O2. The molecule has 5 nitrogen and oxygen atoms in total. The van der Waals surface area contributed by atoms with E-state index in [0.29, 0.717) is 19.0 Å². The first kappa shape index (κ1) is 16.0. The van der Waals surface area contributed by atoms with Crippen LogP contribution in [-0.2, 0) is 9.59 Å². The van der Waals surface area contributed by atoms with Crippen molar-refractivity contribution in [3.05, 3.63) is 0 Å². The van der Waals surface area contributed by atoms with Crippen molar-refractivity contribution in [3.63, 3.8) is 0 Å². The van der Waals surface area contributed by atoms with Crippen LogP contribution in [0.15, 0.2) is 0 Å². The molecule has 2 amide bonds. The first-order valence-electron chi connectivity index (χ1n) is 7.25. The average Bonchev–Trinajstić information content (AvgIpc) is 2.43. The molecule has 19 heavy (non-hydrogen) atoms. The largest absolute Gasteiger partial charge is 0.354 e. The van der Waals surface area contributed by atoms with Crippen LogP contribution < -0.4 is 16.4 Å². The average molecular weight is 269 g/mol. The van der Waals surface area contributed by atoms with Gasteiger partial charge in [-0.25, -0.2) is 0 Å². The van der Waals surface area contributed by atoms with E-state index in [1.54, 1.807) is 0 Å². The second kappa shape index (κ2) is 7.48. The van der Waals surface area contributed by atoms with Gasteiger partial charge in [-0.3, -0.25) is 9.59 Å². The summed E-state index contributed by atoms with van der Waals surface area (Å²) in [6.45, 7) is 5.12. The summed E-state index contributed by atoms with van der Waals surface area (Å²) in [5.74, 6) is 0.216. The third-order valence-corrected chi connectivity index (χ3v) is 3.80. The molecule has 0 bridgehead atoms. The Bertz CT molecular complexity index is 310. The SMILES string of the molecule is CC(C)CNC(=O)CNC(=O)C1(CN)CCCCC1. The lowest BCUT2D eigenvalue weighted by Crippen LogP contribution is -2.49. The van der Waals surface area contributed by atoms with Crippen LogP contribution in [0.25, 0.3) is 0 Å². The highest BCUT2D eigenvalue weighted by Crippen LogP contribution is 2.35. The van der Waals surface area contributed by atoms with Gasteiger partial charge in [0.25, 0.3) is 0 Å². The number of hydrogen-bond acceptors (Lipinski definition) is 3. The normalized spacial score (nSPS) is 18.1. The molecular weight excluding hydrogens is 242 g/mol. The molecule has 0 atom stereocenters. The number of nitrogens with two attached hydrogens (primary N) is 1. The minimum Gasteiger partial charge on any atom is -0.354 e. The number of nitrogens with one attached hydrogen (secondary N) is 2. The van der Waals surface area contributed by atoms with Gasteiger partial charge < -0.3 is 16.4 Å². The molecule has 0 aromatic rings. The van der Waals surface area contributed by atoms with Gasteiger partial charge in [-0.1, -0.05) is 33.1 Å². The Morgan fingerprint density at radius 3 is 2.32 bits per heavy atom. The van der Waals surface area contributed by atoms with Crippen molar-refractivity contribution in [1.82, 2.24) is 10.6 Å². The van der Waals surface area contributed by atoms with Crippen LogP contribution in [0, 0.1) is 11.3 Å². The van der Waals surface area contributed by atoms with E-state index < -0.39 is 5.41 Å². The second-order valence-electron chi connectivity index (χ2n) is 5.93. The minimum atomic E-state index is -0.448. The molecule has 0 aromatic heterocycles. The zero-order valence-electron chi connectivity index (χ0n) is 12.1. The van der Waals surface area contributed by atoms with Crippen LogP contribution in [0.4, 0.5) is 0 Å². The number of amides is 2. The molecule has 0 spiro atoms. The molecule has 0 saturated heterocycles. The number of carbonyl (C=O) groups is 2. The quantitative estimate of drug-likeness (QED) is 0.666. The van der Waals surface area contributed by atoms with E-state index >= 15 is 0 Å². The molecule has 1 aliphatic rings. The van der Waals surface area contributed by atoms with Gasteiger partial charge >= 0.3 is 0 Å². The predicted octanol–water partition coefficient (Wildman–Crippen LogP) is 0.784. The van der Waals surface area contributed by atoms with Crippen molar-refractivity contribution in [3.8, 4) is 0 Å². The van der Waals surface area contributed by atoms with Crippen LogP contribution in [0.1, 0.15) is 46.0 Å². The summed E-state index contributed by atoms with van der Waals surface area (Å²) in [6, 6.07) is 0. The summed E-state index contributed by atoms with van der Waals surface area (Å²) >= 11 is 0. The van der Waals surface area contributed by atoms with Crippen LogP contribution in [-0.4, -0.2) is 31.4 Å². The number of rotatable bonds is 6. The van der Waals surface area contributed by atoms with Gasteiger partial charge in [0.15, 0.2) is 0 Å². The molecule has 4 N–H and O–H groups in total. The molecule has 0 heterocycles. The van der Waals surface area contributed by atoms with E-state index in [0.717, 1.165) is 25.7 Å². The fourth-order valence-corrected chi connectivity index (χ4v) is 2.48. The first-order valence-corrected chi connectivity index (χ1v) is 7.25. The van der Waals surface area contributed by atoms with Crippen LogP contribution in [0.3, 0.4) is 0 Å². The maximum absolute atomic E-state index is 12.2. The Kier molecular flexibility index (Phi) is 6.28. The van der Waals surface area contributed by atoms with E-state index in [-0.39, 0.29) is 18.4 Å². The Balaban J connectivity index is 2.38. The zero-order valence-corrected chi connectivity index (χ0v) is 12.1. The molecule has 5 heteroatoms. The predicted molar refractivity (Wildman–Crippen MR) is 75.4 cm³/mol. The smallest absolute Gasteiger partial charge is 0.239 e. The van der Waals surface area contributed by atoms with E-state index in [1.165, 1.54) is 6.42 Å². The van der Waals surface area contributed by atoms with Gasteiger partial charge in [-0.05, 0) is 18.8 Å². The maximum atomic E-state index is 12.2. The highest BCUT2D eigenvalue weighted by molar-refractivity contribution is 5.88. The summed E-state index contributed by atoms with van der Waals surface area (Å²) in [7, 11) is 0.